The molecule has 1 fully saturated rings. The Labute approximate surface area is 68.6 Å². The molecule has 11 heavy (non-hydrogen) atoms. The maximum atomic E-state index is 8.30. The second-order valence-corrected chi connectivity index (χ2v) is 3.51. The number of nitriles is 1. The molecule has 1 N–H and O–H groups in total. The summed E-state index contributed by atoms with van der Waals surface area (Å²) in [6.07, 6.45) is 5.32. The van der Waals surface area contributed by atoms with Crippen molar-refractivity contribution in [1.82, 2.24) is 5.32 Å². The van der Waals surface area contributed by atoms with Crippen LogP contribution in [0.25, 0.3) is 0 Å². The lowest BCUT2D eigenvalue weighted by Crippen LogP contribution is -2.24. The van der Waals surface area contributed by atoms with Crippen LogP contribution in [0.4, 0.5) is 0 Å². The van der Waals surface area contributed by atoms with Gasteiger partial charge < -0.3 is 5.32 Å². The van der Waals surface area contributed by atoms with Gasteiger partial charge >= 0.3 is 0 Å². The maximum Gasteiger partial charge on any atom is 0.0841 e. The molecular weight excluding hydrogens is 136 g/mol. The van der Waals surface area contributed by atoms with E-state index in [9.17, 15) is 0 Å². The molecular formula is C9H16N2. The zero-order valence-corrected chi connectivity index (χ0v) is 7.19. The van der Waals surface area contributed by atoms with Crippen molar-refractivity contribution in [2.24, 2.45) is 5.41 Å². The fourth-order valence-electron chi connectivity index (χ4n) is 1.61. The summed E-state index contributed by atoms with van der Waals surface area (Å²) in [6, 6.07) is 2.10. The molecule has 0 bridgehead atoms. The minimum Gasteiger partial charge on any atom is -0.304 e. The summed E-state index contributed by atoms with van der Waals surface area (Å²) >= 11 is 0. The summed E-state index contributed by atoms with van der Waals surface area (Å²) in [5.74, 6) is 0. The molecule has 62 valence electrons. The number of hydrogen-bond donors (Lipinski definition) is 1. The molecule has 0 aliphatic heterocycles. The monoisotopic (exact) mass is 152 g/mol. The van der Waals surface area contributed by atoms with Crippen molar-refractivity contribution in [2.45, 2.75) is 32.6 Å². The number of nitrogens with one attached hydrogen (secondary N) is 1. The van der Waals surface area contributed by atoms with Crippen molar-refractivity contribution in [2.75, 3.05) is 13.1 Å². The van der Waals surface area contributed by atoms with Gasteiger partial charge in [0.05, 0.1) is 12.6 Å². The Kier molecular flexibility index (Phi) is 2.90. The first-order chi connectivity index (χ1) is 5.33. The highest BCUT2D eigenvalue weighted by Gasteiger charge is 2.40. The minimum absolute atomic E-state index is 0.505. The predicted octanol–water partition coefficient (Wildman–Crippen LogP) is 1.68. The van der Waals surface area contributed by atoms with Gasteiger partial charge in [-0.25, -0.2) is 0 Å². The van der Waals surface area contributed by atoms with Gasteiger partial charge in [-0.3, -0.25) is 0 Å². The van der Waals surface area contributed by atoms with Crippen LogP contribution in [-0.4, -0.2) is 13.1 Å². The molecule has 0 atom stereocenters. The molecule has 0 aromatic heterocycles. The molecule has 0 unspecified atom stereocenters. The van der Waals surface area contributed by atoms with E-state index < -0.39 is 0 Å². The third-order valence-electron chi connectivity index (χ3n) is 2.44. The lowest BCUT2D eigenvalue weighted by atomic mass is 10.0. The fraction of sp³-hybridized carbons (Fsp3) is 0.889. The molecule has 0 aromatic rings. The van der Waals surface area contributed by atoms with E-state index in [-0.39, 0.29) is 0 Å². The van der Waals surface area contributed by atoms with Gasteiger partial charge in [0.25, 0.3) is 0 Å². The van der Waals surface area contributed by atoms with Crippen LogP contribution in [0.2, 0.25) is 0 Å². The Balaban J connectivity index is 2.10. The summed E-state index contributed by atoms with van der Waals surface area (Å²) in [6.45, 7) is 3.78. The Morgan fingerprint density at radius 1 is 1.55 bits per heavy atom. The molecule has 0 radical (unpaired) electrons. The average molecular weight is 152 g/mol. The SMILES string of the molecule is CCCC1(CNCC#N)CC1. The lowest BCUT2D eigenvalue weighted by molar-refractivity contribution is 0.432. The molecule has 0 aromatic carbocycles. The maximum absolute atomic E-state index is 8.30. The van der Waals surface area contributed by atoms with E-state index >= 15 is 0 Å². The zero-order valence-electron chi connectivity index (χ0n) is 7.19. The van der Waals surface area contributed by atoms with E-state index in [1.54, 1.807) is 0 Å². The third-order valence-corrected chi connectivity index (χ3v) is 2.44. The topological polar surface area (TPSA) is 35.8 Å². The second-order valence-electron chi connectivity index (χ2n) is 3.51. The van der Waals surface area contributed by atoms with Crippen molar-refractivity contribution >= 4 is 0 Å². The van der Waals surface area contributed by atoms with Crippen LogP contribution >= 0.6 is 0 Å². The summed E-state index contributed by atoms with van der Waals surface area (Å²) in [4.78, 5) is 0. The number of rotatable bonds is 5. The second kappa shape index (κ2) is 3.73. The van der Waals surface area contributed by atoms with Crippen molar-refractivity contribution in [3.05, 3.63) is 0 Å². The van der Waals surface area contributed by atoms with Crippen molar-refractivity contribution in [3.63, 3.8) is 0 Å². The first kappa shape index (κ1) is 8.55. The first-order valence-electron chi connectivity index (χ1n) is 4.41. The highest BCUT2D eigenvalue weighted by molar-refractivity contribution is 4.95. The predicted molar refractivity (Wildman–Crippen MR) is 45.1 cm³/mol. The van der Waals surface area contributed by atoms with E-state index in [1.807, 2.05) is 0 Å². The van der Waals surface area contributed by atoms with Gasteiger partial charge in [0.15, 0.2) is 0 Å². The van der Waals surface area contributed by atoms with Gasteiger partial charge in [-0.2, -0.15) is 5.26 Å². The quantitative estimate of drug-likeness (QED) is 0.480. The van der Waals surface area contributed by atoms with Crippen LogP contribution in [0.5, 0.6) is 0 Å². The molecule has 1 aliphatic rings. The smallest absolute Gasteiger partial charge is 0.0841 e. The van der Waals surface area contributed by atoms with Crippen LogP contribution in [0.3, 0.4) is 0 Å². The van der Waals surface area contributed by atoms with E-state index in [4.69, 9.17) is 5.26 Å². The summed E-state index contributed by atoms with van der Waals surface area (Å²) in [5, 5.41) is 11.5. The molecule has 2 heteroatoms. The first-order valence-corrected chi connectivity index (χ1v) is 4.41. The van der Waals surface area contributed by atoms with E-state index in [0.29, 0.717) is 12.0 Å². The standard InChI is InChI=1S/C9H16N2/c1-2-3-9(4-5-9)8-11-7-6-10/h11H,2-5,7-8H2,1H3. The Morgan fingerprint density at radius 2 is 2.27 bits per heavy atom. The highest BCUT2D eigenvalue weighted by Crippen LogP contribution is 2.48. The van der Waals surface area contributed by atoms with E-state index in [0.717, 1.165) is 6.54 Å². The van der Waals surface area contributed by atoms with E-state index in [1.165, 1.54) is 25.7 Å². The molecule has 1 aliphatic carbocycles. The number of nitrogens with zero attached hydrogens (tertiary/aromatic N) is 1. The molecule has 1 saturated carbocycles. The third kappa shape index (κ3) is 2.51. The van der Waals surface area contributed by atoms with Crippen LogP contribution in [0.1, 0.15) is 32.6 Å². The normalized spacial score (nSPS) is 19.3. The van der Waals surface area contributed by atoms with Crippen molar-refractivity contribution in [1.29, 1.82) is 5.26 Å². The summed E-state index contributed by atoms with van der Waals surface area (Å²) in [5.41, 5.74) is 0.589. The minimum atomic E-state index is 0.505. The molecule has 0 spiro atoms. The molecule has 0 heterocycles. The Bertz CT molecular complexity index is 153. The van der Waals surface area contributed by atoms with Gasteiger partial charge in [-0.1, -0.05) is 13.3 Å². The van der Waals surface area contributed by atoms with E-state index in [2.05, 4.69) is 18.3 Å². The van der Waals surface area contributed by atoms with Crippen LogP contribution in [0, 0.1) is 16.7 Å². The van der Waals surface area contributed by atoms with Gasteiger partial charge in [0.2, 0.25) is 0 Å². The van der Waals surface area contributed by atoms with Gasteiger partial charge in [-0.05, 0) is 24.7 Å². The van der Waals surface area contributed by atoms with Gasteiger partial charge in [-0.15, -0.1) is 0 Å². The molecule has 2 nitrogen and oxygen atoms in total. The van der Waals surface area contributed by atoms with Crippen LogP contribution < -0.4 is 5.32 Å². The molecule has 0 amide bonds. The Hall–Kier alpha value is -0.550. The summed E-state index contributed by atoms with van der Waals surface area (Å²) < 4.78 is 0. The van der Waals surface area contributed by atoms with Crippen molar-refractivity contribution < 1.29 is 0 Å². The average Bonchev–Trinajstić information content (AvgIpc) is 2.71. The largest absolute Gasteiger partial charge is 0.304 e. The fourth-order valence-corrected chi connectivity index (χ4v) is 1.61. The van der Waals surface area contributed by atoms with Gasteiger partial charge in [0, 0.05) is 6.54 Å². The van der Waals surface area contributed by atoms with Crippen molar-refractivity contribution in [3.8, 4) is 6.07 Å². The molecule has 1 rings (SSSR count). The Morgan fingerprint density at radius 3 is 2.73 bits per heavy atom. The zero-order chi connectivity index (χ0) is 8.16. The highest BCUT2D eigenvalue weighted by atomic mass is 14.9. The van der Waals surface area contributed by atoms with Gasteiger partial charge in [0.1, 0.15) is 0 Å². The van der Waals surface area contributed by atoms with Crippen LogP contribution in [-0.2, 0) is 0 Å². The molecule has 0 saturated heterocycles. The van der Waals surface area contributed by atoms with Crippen LogP contribution in [0.15, 0.2) is 0 Å². The summed E-state index contributed by atoms with van der Waals surface area (Å²) in [7, 11) is 0. The lowest BCUT2D eigenvalue weighted by Gasteiger charge is -2.12. The number of hydrogen-bond acceptors (Lipinski definition) is 2.